The van der Waals surface area contributed by atoms with Gasteiger partial charge in [-0.2, -0.15) is 0 Å². The minimum atomic E-state index is -1.69. The molecule has 1 fully saturated rings. The number of carboxylic acid groups (broad SMARTS) is 1. The van der Waals surface area contributed by atoms with Crippen LogP contribution in [-0.4, -0.2) is 79.7 Å². The van der Waals surface area contributed by atoms with Crippen LogP contribution < -0.4 is 4.74 Å². The summed E-state index contributed by atoms with van der Waals surface area (Å²) in [4.78, 5) is 23.1. The van der Waals surface area contributed by atoms with Crippen molar-refractivity contribution in [3.63, 3.8) is 0 Å². The summed E-state index contributed by atoms with van der Waals surface area (Å²) < 4.78 is 10.5. The molecule has 0 amide bonds. The standard InChI is InChI=1S/C17H22O10/c1-7(5-11(19)20)12(21)8-3-2-4-9(13(8)22)26-17-16(25)15(24)14(23)10(6-18)27-17/h2-4,7,10,14-18,22-25H,5-6H2,1H3,(H,19,20)/t7-,10-,14-,15+,16-,17-/m1/s1. The van der Waals surface area contributed by atoms with Crippen LogP contribution >= 0.6 is 0 Å². The molecule has 10 nitrogen and oxygen atoms in total. The van der Waals surface area contributed by atoms with Gasteiger partial charge in [-0.25, -0.2) is 0 Å². The lowest BCUT2D eigenvalue weighted by Crippen LogP contribution is -2.60. The minimum Gasteiger partial charge on any atom is -0.504 e. The average Bonchev–Trinajstić information content (AvgIpc) is 2.62. The molecule has 0 bridgehead atoms. The predicted octanol–water partition coefficient (Wildman–Crippen LogP) is -1.14. The second-order valence-corrected chi connectivity index (χ2v) is 6.33. The third-order valence-corrected chi connectivity index (χ3v) is 4.28. The number of phenolic OH excluding ortho intramolecular Hbond substituents is 1. The molecule has 1 aliphatic heterocycles. The van der Waals surface area contributed by atoms with Gasteiger partial charge in [-0.1, -0.05) is 13.0 Å². The van der Waals surface area contributed by atoms with Crippen LogP contribution in [0.1, 0.15) is 23.7 Å². The number of aliphatic hydroxyl groups excluding tert-OH is 4. The maximum absolute atomic E-state index is 12.3. The summed E-state index contributed by atoms with van der Waals surface area (Å²) in [5.41, 5.74) is -0.175. The van der Waals surface area contributed by atoms with Gasteiger partial charge in [0, 0.05) is 5.92 Å². The number of para-hydroxylation sites is 1. The normalized spacial score (nSPS) is 29.1. The fourth-order valence-corrected chi connectivity index (χ4v) is 2.73. The maximum atomic E-state index is 12.3. The van der Waals surface area contributed by atoms with Crippen molar-refractivity contribution in [2.45, 2.75) is 44.1 Å². The first-order valence-electron chi connectivity index (χ1n) is 8.22. The Bertz CT molecular complexity index is 688. The highest BCUT2D eigenvalue weighted by Crippen LogP contribution is 2.34. The van der Waals surface area contributed by atoms with Gasteiger partial charge in [0.15, 0.2) is 17.3 Å². The van der Waals surface area contributed by atoms with Crippen molar-refractivity contribution in [3.8, 4) is 11.5 Å². The summed E-state index contributed by atoms with van der Waals surface area (Å²) in [6.45, 7) is 0.753. The average molecular weight is 386 g/mol. The molecule has 1 aromatic rings. The number of hydrogen-bond donors (Lipinski definition) is 6. The topological polar surface area (TPSA) is 174 Å². The maximum Gasteiger partial charge on any atom is 0.304 e. The van der Waals surface area contributed by atoms with Crippen molar-refractivity contribution in [2.75, 3.05) is 6.61 Å². The van der Waals surface area contributed by atoms with Crippen LogP contribution in [0.25, 0.3) is 0 Å². The van der Waals surface area contributed by atoms with Crippen LogP contribution in [0, 0.1) is 5.92 Å². The van der Waals surface area contributed by atoms with E-state index in [-0.39, 0.29) is 11.3 Å². The number of aliphatic hydroxyl groups is 4. The molecule has 0 aromatic heterocycles. The van der Waals surface area contributed by atoms with Crippen LogP contribution in [0.3, 0.4) is 0 Å². The Morgan fingerprint density at radius 1 is 1.19 bits per heavy atom. The van der Waals surface area contributed by atoms with Gasteiger partial charge in [-0.05, 0) is 12.1 Å². The fourth-order valence-electron chi connectivity index (χ4n) is 2.73. The van der Waals surface area contributed by atoms with Crippen LogP contribution in [0.15, 0.2) is 18.2 Å². The molecule has 10 heteroatoms. The molecule has 1 heterocycles. The molecule has 0 unspecified atom stereocenters. The Kier molecular flexibility index (Phi) is 6.73. The Morgan fingerprint density at radius 2 is 1.85 bits per heavy atom. The van der Waals surface area contributed by atoms with Gasteiger partial charge in [0.25, 0.3) is 0 Å². The van der Waals surface area contributed by atoms with Crippen molar-refractivity contribution in [1.29, 1.82) is 0 Å². The number of aliphatic carboxylic acids is 1. The molecule has 1 saturated heterocycles. The minimum absolute atomic E-state index is 0.175. The highest BCUT2D eigenvalue weighted by atomic mass is 16.7. The number of ketones is 1. The van der Waals surface area contributed by atoms with E-state index in [0.717, 1.165) is 0 Å². The lowest BCUT2D eigenvalue weighted by Gasteiger charge is -2.39. The third kappa shape index (κ3) is 4.54. The first-order chi connectivity index (χ1) is 12.7. The molecule has 1 aromatic carbocycles. The number of carbonyl (C=O) groups is 2. The van der Waals surface area contributed by atoms with Crippen molar-refractivity contribution in [1.82, 2.24) is 0 Å². The van der Waals surface area contributed by atoms with E-state index in [4.69, 9.17) is 14.6 Å². The van der Waals surface area contributed by atoms with E-state index in [2.05, 4.69) is 0 Å². The molecule has 6 atom stereocenters. The predicted molar refractivity (Wildman–Crippen MR) is 88.2 cm³/mol. The zero-order valence-corrected chi connectivity index (χ0v) is 14.4. The number of phenols is 1. The number of hydrogen-bond acceptors (Lipinski definition) is 9. The van der Waals surface area contributed by atoms with Gasteiger partial charge in [-0.15, -0.1) is 0 Å². The Hall–Kier alpha value is -2.24. The zero-order chi connectivity index (χ0) is 20.3. The fraction of sp³-hybridized carbons (Fsp3) is 0.529. The van der Waals surface area contributed by atoms with Gasteiger partial charge in [0.2, 0.25) is 6.29 Å². The first kappa shape index (κ1) is 21.1. The lowest BCUT2D eigenvalue weighted by atomic mass is 9.95. The molecule has 6 N–H and O–H groups in total. The number of carbonyl (C=O) groups excluding carboxylic acids is 1. The molecule has 0 spiro atoms. The Balaban J connectivity index is 2.22. The van der Waals surface area contributed by atoms with Crippen molar-refractivity contribution in [2.24, 2.45) is 5.92 Å². The molecule has 0 aliphatic carbocycles. The molecular formula is C17H22O10. The van der Waals surface area contributed by atoms with Crippen molar-refractivity contribution in [3.05, 3.63) is 23.8 Å². The van der Waals surface area contributed by atoms with Gasteiger partial charge in [0.1, 0.15) is 24.4 Å². The Morgan fingerprint density at radius 3 is 2.44 bits per heavy atom. The van der Waals surface area contributed by atoms with Gasteiger partial charge in [-0.3, -0.25) is 9.59 Å². The van der Waals surface area contributed by atoms with E-state index in [1.54, 1.807) is 0 Å². The quantitative estimate of drug-likeness (QED) is 0.314. The second kappa shape index (κ2) is 8.63. The highest BCUT2D eigenvalue weighted by molar-refractivity contribution is 6.01. The van der Waals surface area contributed by atoms with Crippen LogP contribution in [-0.2, 0) is 9.53 Å². The van der Waals surface area contributed by atoms with Crippen LogP contribution in [0.4, 0.5) is 0 Å². The molecule has 2 rings (SSSR count). The number of aromatic hydroxyl groups is 1. The van der Waals surface area contributed by atoms with E-state index >= 15 is 0 Å². The van der Waals surface area contributed by atoms with E-state index in [1.165, 1.54) is 25.1 Å². The highest BCUT2D eigenvalue weighted by Gasteiger charge is 2.45. The monoisotopic (exact) mass is 386 g/mol. The van der Waals surface area contributed by atoms with E-state index in [1.807, 2.05) is 0 Å². The molecular weight excluding hydrogens is 364 g/mol. The number of rotatable bonds is 7. The number of ether oxygens (including phenoxy) is 2. The third-order valence-electron chi connectivity index (χ3n) is 4.28. The zero-order valence-electron chi connectivity index (χ0n) is 14.4. The summed E-state index contributed by atoms with van der Waals surface area (Å²) >= 11 is 0. The van der Waals surface area contributed by atoms with Crippen LogP contribution in [0.2, 0.25) is 0 Å². The summed E-state index contributed by atoms with van der Waals surface area (Å²) in [6.07, 6.45) is -8.07. The van der Waals surface area contributed by atoms with Crippen molar-refractivity contribution < 1.29 is 49.7 Å². The number of carboxylic acids is 1. The molecule has 27 heavy (non-hydrogen) atoms. The molecule has 0 radical (unpaired) electrons. The second-order valence-electron chi connectivity index (χ2n) is 6.33. The first-order valence-corrected chi connectivity index (χ1v) is 8.22. The molecule has 150 valence electrons. The van der Waals surface area contributed by atoms with Crippen molar-refractivity contribution >= 4 is 11.8 Å². The largest absolute Gasteiger partial charge is 0.504 e. The molecule has 1 aliphatic rings. The smallest absolute Gasteiger partial charge is 0.304 e. The number of benzene rings is 1. The van der Waals surface area contributed by atoms with Crippen LogP contribution in [0.5, 0.6) is 11.5 Å². The summed E-state index contributed by atoms with van der Waals surface area (Å²) in [7, 11) is 0. The Labute approximate surface area is 154 Å². The lowest BCUT2D eigenvalue weighted by molar-refractivity contribution is -0.277. The number of Topliss-reactive ketones (excluding diaryl/α,β-unsaturated/α-hetero) is 1. The SMILES string of the molecule is C[C@H](CC(=O)O)C(=O)c1cccc(O[C@@H]2O[C@H](CO)[C@@H](O)[C@H](O)[C@H]2O)c1O. The van der Waals surface area contributed by atoms with E-state index in [0.29, 0.717) is 0 Å². The van der Waals surface area contributed by atoms with Gasteiger partial charge in [0.05, 0.1) is 18.6 Å². The molecule has 0 saturated carbocycles. The van der Waals surface area contributed by atoms with E-state index < -0.39 is 67.2 Å². The summed E-state index contributed by atoms with van der Waals surface area (Å²) in [5.74, 6) is -3.52. The summed E-state index contributed by atoms with van der Waals surface area (Å²) in [6, 6.07) is 3.94. The van der Waals surface area contributed by atoms with Gasteiger partial charge < -0.3 is 40.1 Å². The summed E-state index contributed by atoms with van der Waals surface area (Å²) in [5, 5.41) is 57.8. The van der Waals surface area contributed by atoms with Gasteiger partial charge >= 0.3 is 5.97 Å². The van der Waals surface area contributed by atoms with E-state index in [9.17, 15) is 35.1 Å².